The van der Waals surface area contributed by atoms with Crippen molar-refractivity contribution < 1.29 is 8.42 Å². The van der Waals surface area contributed by atoms with Crippen molar-refractivity contribution in [3.63, 3.8) is 0 Å². The predicted molar refractivity (Wildman–Crippen MR) is 69.9 cm³/mol. The van der Waals surface area contributed by atoms with E-state index in [1.165, 1.54) is 5.56 Å². The molecule has 0 saturated carbocycles. The lowest BCUT2D eigenvalue weighted by Gasteiger charge is -2.36. The van der Waals surface area contributed by atoms with Gasteiger partial charge in [-0.15, -0.1) is 0 Å². The molecule has 3 aliphatic rings. The van der Waals surface area contributed by atoms with Crippen molar-refractivity contribution in [3.05, 3.63) is 23.8 Å². The Balaban J connectivity index is 1.97. The fourth-order valence-electron chi connectivity index (χ4n) is 3.70. The topological polar surface area (TPSA) is 49.4 Å². The fraction of sp³-hybridized carbons (Fsp3) is 0.538. The Bertz CT molecular complexity index is 611. The summed E-state index contributed by atoms with van der Waals surface area (Å²) in [6, 6.07) is 6.26. The van der Waals surface area contributed by atoms with Gasteiger partial charge in [0.15, 0.2) is 9.84 Å². The van der Waals surface area contributed by atoms with Gasteiger partial charge >= 0.3 is 0 Å². The molecule has 1 fully saturated rings. The van der Waals surface area contributed by atoms with Crippen molar-refractivity contribution in [2.24, 2.45) is 0 Å². The lowest BCUT2D eigenvalue weighted by molar-refractivity contribution is 0.405. The second-order valence-electron chi connectivity index (χ2n) is 5.37. The van der Waals surface area contributed by atoms with Gasteiger partial charge in [-0.05, 0) is 24.6 Å². The van der Waals surface area contributed by atoms with Crippen LogP contribution in [0.25, 0.3) is 0 Å². The second kappa shape index (κ2) is 3.48. The summed E-state index contributed by atoms with van der Waals surface area (Å²) in [6.45, 7) is 2.67. The number of sulfone groups is 1. The van der Waals surface area contributed by atoms with Crippen molar-refractivity contribution in [1.29, 1.82) is 0 Å². The molecule has 96 valence electrons. The van der Waals surface area contributed by atoms with Crippen LogP contribution in [-0.4, -0.2) is 39.8 Å². The fourth-order valence-corrected chi connectivity index (χ4v) is 5.18. The van der Waals surface area contributed by atoms with E-state index in [0.717, 1.165) is 25.2 Å². The molecule has 2 atom stereocenters. The zero-order valence-corrected chi connectivity index (χ0v) is 10.9. The Morgan fingerprint density at radius 3 is 3.11 bits per heavy atom. The van der Waals surface area contributed by atoms with Crippen molar-refractivity contribution in [3.8, 4) is 0 Å². The van der Waals surface area contributed by atoms with Gasteiger partial charge in [-0.2, -0.15) is 0 Å². The molecule has 5 heteroatoms. The van der Waals surface area contributed by atoms with Crippen LogP contribution in [0.3, 0.4) is 0 Å². The predicted octanol–water partition coefficient (Wildman–Crippen LogP) is 0.739. The van der Waals surface area contributed by atoms with Crippen LogP contribution in [0.2, 0.25) is 0 Å². The molecule has 0 aromatic heterocycles. The highest BCUT2D eigenvalue weighted by Crippen LogP contribution is 2.48. The van der Waals surface area contributed by atoms with E-state index in [4.69, 9.17) is 0 Å². The monoisotopic (exact) mass is 264 g/mol. The first kappa shape index (κ1) is 10.8. The van der Waals surface area contributed by atoms with Gasteiger partial charge in [-0.3, -0.25) is 0 Å². The Hall–Kier alpha value is -1.07. The van der Waals surface area contributed by atoms with Gasteiger partial charge in [-0.25, -0.2) is 8.42 Å². The zero-order valence-electron chi connectivity index (χ0n) is 10.1. The molecule has 1 saturated heterocycles. The smallest absolute Gasteiger partial charge is 0.182 e. The van der Waals surface area contributed by atoms with Crippen molar-refractivity contribution in [1.82, 2.24) is 5.32 Å². The summed E-state index contributed by atoms with van der Waals surface area (Å²) in [4.78, 5) is 2.90. The van der Waals surface area contributed by atoms with E-state index in [0.29, 0.717) is 23.4 Å². The van der Waals surface area contributed by atoms with Crippen molar-refractivity contribution in [2.75, 3.05) is 30.3 Å². The molecule has 0 spiro atoms. The molecule has 4 rings (SSSR count). The molecule has 0 amide bonds. The summed E-state index contributed by atoms with van der Waals surface area (Å²) in [7, 11) is -3.06. The van der Waals surface area contributed by atoms with Gasteiger partial charge in [-0.1, -0.05) is 12.1 Å². The number of benzene rings is 1. The van der Waals surface area contributed by atoms with E-state index >= 15 is 0 Å². The van der Waals surface area contributed by atoms with E-state index in [-0.39, 0.29) is 5.75 Å². The third kappa shape index (κ3) is 1.26. The number of rotatable bonds is 0. The average Bonchev–Trinajstić information content (AvgIpc) is 2.70. The first-order valence-corrected chi connectivity index (χ1v) is 8.17. The highest BCUT2D eigenvalue weighted by molar-refractivity contribution is 7.91. The first-order valence-electron chi connectivity index (χ1n) is 6.51. The molecular formula is C13H16N2O2S. The minimum atomic E-state index is -3.06. The number of fused-ring (bicyclic) bond motifs is 3. The lowest BCUT2D eigenvalue weighted by atomic mass is 9.90. The molecule has 0 radical (unpaired) electrons. The summed E-state index contributed by atoms with van der Waals surface area (Å²) < 4.78 is 24.3. The molecule has 0 aliphatic carbocycles. The van der Waals surface area contributed by atoms with Gasteiger partial charge in [0.25, 0.3) is 0 Å². The minimum absolute atomic E-state index is 0.264. The summed E-state index contributed by atoms with van der Waals surface area (Å²) in [5.74, 6) is 0.724. The van der Waals surface area contributed by atoms with E-state index in [9.17, 15) is 8.42 Å². The zero-order chi connectivity index (χ0) is 12.3. The van der Waals surface area contributed by atoms with Crippen LogP contribution in [0.5, 0.6) is 0 Å². The molecular weight excluding hydrogens is 248 g/mol. The molecule has 4 nitrogen and oxygen atoms in total. The van der Waals surface area contributed by atoms with Gasteiger partial charge in [0.2, 0.25) is 0 Å². The van der Waals surface area contributed by atoms with Crippen LogP contribution in [0.1, 0.15) is 17.9 Å². The lowest BCUT2D eigenvalue weighted by Crippen LogP contribution is -2.46. The molecule has 18 heavy (non-hydrogen) atoms. The molecule has 1 aromatic carbocycles. The third-order valence-electron chi connectivity index (χ3n) is 4.50. The Kier molecular flexibility index (Phi) is 2.09. The van der Waals surface area contributed by atoms with Gasteiger partial charge in [0, 0.05) is 25.0 Å². The number of para-hydroxylation sites is 1. The van der Waals surface area contributed by atoms with Crippen molar-refractivity contribution >= 4 is 15.5 Å². The van der Waals surface area contributed by atoms with E-state index in [1.807, 2.05) is 6.07 Å². The Morgan fingerprint density at radius 2 is 2.22 bits per heavy atom. The summed E-state index contributed by atoms with van der Waals surface area (Å²) >= 11 is 0. The van der Waals surface area contributed by atoms with Crippen LogP contribution in [0.15, 0.2) is 23.1 Å². The maximum absolute atomic E-state index is 12.2. The van der Waals surface area contributed by atoms with Gasteiger partial charge in [0.1, 0.15) is 0 Å². The largest absolute Gasteiger partial charge is 0.366 e. The standard InChI is InChI=1S/C13H16N2O2S/c16-18(17)7-6-15-11-4-5-14-8-10(11)9-2-1-3-12(18)13(9)15/h1-3,10-11,14H,4-8H2/t10-,11?/m1/s1. The Labute approximate surface area is 107 Å². The van der Waals surface area contributed by atoms with E-state index in [2.05, 4.69) is 16.3 Å². The van der Waals surface area contributed by atoms with Gasteiger partial charge in [0.05, 0.1) is 16.3 Å². The number of nitrogens with one attached hydrogen (secondary N) is 1. The molecule has 0 bridgehead atoms. The van der Waals surface area contributed by atoms with E-state index < -0.39 is 9.84 Å². The molecule has 3 aliphatic heterocycles. The molecule has 3 heterocycles. The summed E-state index contributed by atoms with van der Waals surface area (Å²) in [6.07, 6.45) is 1.11. The van der Waals surface area contributed by atoms with Gasteiger partial charge < -0.3 is 10.2 Å². The highest BCUT2D eigenvalue weighted by atomic mass is 32.2. The SMILES string of the molecule is O=S1(=O)CCN2c3c(cccc31)[C@H]1CNCCC12. The summed E-state index contributed by atoms with van der Waals surface area (Å²) in [5.41, 5.74) is 2.23. The van der Waals surface area contributed by atoms with E-state index in [1.54, 1.807) is 6.07 Å². The quantitative estimate of drug-likeness (QED) is 0.751. The molecule has 1 unspecified atom stereocenters. The minimum Gasteiger partial charge on any atom is -0.366 e. The van der Waals surface area contributed by atoms with Crippen LogP contribution in [-0.2, 0) is 9.84 Å². The van der Waals surface area contributed by atoms with Crippen LogP contribution < -0.4 is 10.2 Å². The number of anilines is 1. The average molecular weight is 264 g/mol. The summed E-state index contributed by atoms with van der Waals surface area (Å²) in [5, 5.41) is 3.43. The van der Waals surface area contributed by atoms with Crippen LogP contribution in [0, 0.1) is 0 Å². The normalized spacial score (nSPS) is 31.9. The maximum Gasteiger partial charge on any atom is 0.182 e. The maximum atomic E-state index is 12.2. The number of nitrogens with zero attached hydrogens (tertiary/aromatic N) is 1. The highest BCUT2D eigenvalue weighted by Gasteiger charge is 2.44. The number of hydrogen-bond acceptors (Lipinski definition) is 4. The van der Waals surface area contributed by atoms with Crippen LogP contribution in [0.4, 0.5) is 5.69 Å². The van der Waals surface area contributed by atoms with Crippen LogP contribution >= 0.6 is 0 Å². The Morgan fingerprint density at radius 1 is 1.33 bits per heavy atom. The second-order valence-corrected chi connectivity index (χ2v) is 7.45. The van der Waals surface area contributed by atoms with Crippen molar-refractivity contribution in [2.45, 2.75) is 23.3 Å². The first-order chi connectivity index (χ1) is 8.68. The third-order valence-corrected chi connectivity index (χ3v) is 6.22. The molecule has 1 N–H and O–H groups in total. The number of hydrogen-bond donors (Lipinski definition) is 1. The molecule has 1 aromatic rings. The number of piperidine rings is 1.